The fourth-order valence-corrected chi connectivity index (χ4v) is 7.40. The van der Waals surface area contributed by atoms with Crippen LogP contribution >= 0.6 is 0 Å². The van der Waals surface area contributed by atoms with E-state index in [0.29, 0.717) is 23.1 Å². The number of fused-ring (bicyclic) bond motifs is 8. The van der Waals surface area contributed by atoms with Crippen LogP contribution in [0.2, 0.25) is 0 Å². The molecule has 3 aromatic rings. The number of nitrogens with zero attached hydrogens (tertiary/aromatic N) is 2. The van der Waals surface area contributed by atoms with Crippen LogP contribution in [0.4, 0.5) is 0 Å². The molecule has 0 fully saturated rings. The molecule has 9 nitrogen and oxygen atoms in total. The van der Waals surface area contributed by atoms with Crippen molar-refractivity contribution in [3.05, 3.63) is 75.4 Å². The van der Waals surface area contributed by atoms with Crippen molar-refractivity contribution in [2.45, 2.75) is 77.7 Å². The number of aromatic nitrogens is 4. The molecule has 3 aliphatic rings. The Morgan fingerprint density at radius 3 is 2.33 bits per heavy atom. The topological polar surface area (TPSA) is 129 Å². The first-order valence-corrected chi connectivity index (χ1v) is 15.5. The molecule has 0 saturated carbocycles. The van der Waals surface area contributed by atoms with Gasteiger partial charge in [-0.25, -0.2) is 9.97 Å². The molecule has 8 bridgehead atoms. The van der Waals surface area contributed by atoms with E-state index in [1.807, 2.05) is 32.1 Å². The van der Waals surface area contributed by atoms with Crippen molar-refractivity contribution in [1.82, 2.24) is 9.97 Å². The van der Waals surface area contributed by atoms with E-state index in [-0.39, 0.29) is 47.3 Å². The monoisotopic (exact) mass is 632 g/mol. The van der Waals surface area contributed by atoms with E-state index in [1.54, 1.807) is 0 Å². The third kappa shape index (κ3) is 5.20. The number of ether oxygens (including phenoxy) is 2. The van der Waals surface area contributed by atoms with Gasteiger partial charge < -0.3 is 24.5 Å². The fourth-order valence-electron chi connectivity index (χ4n) is 7.40. The number of nitrogens with one attached hydrogen (secondary N) is 2. The molecule has 10 heteroatoms. The van der Waals surface area contributed by atoms with Gasteiger partial charge in [-0.1, -0.05) is 37.6 Å². The Balaban J connectivity index is 0.00000417. The Hall–Kier alpha value is -3.73. The van der Waals surface area contributed by atoms with Crippen molar-refractivity contribution in [3.63, 3.8) is 0 Å². The van der Waals surface area contributed by atoms with Crippen molar-refractivity contribution in [1.29, 1.82) is 0 Å². The van der Waals surface area contributed by atoms with Gasteiger partial charge in [-0.3, -0.25) is 9.59 Å². The van der Waals surface area contributed by atoms with E-state index in [4.69, 9.17) is 19.4 Å². The number of aryl methyl sites for hydroxylation is 2. The number of aliphatic hydroxyl groups is 1. The van der Waals surface area contributed by atoms with Crippen molar-refractivity contribution in [2.24, 2.45) is 0 Å². The summed E-state index contributed by atoms with van der Waals surface area (Å²) in [6.07, 6.45) is 2.20. The summed E-state index contributed by atoms with van der Waals surface area (Å²) in [5.74, 6) is -2.06. The van der Waals surface area contributed by atoms with Crippen LogP contribution in [0.15, 0.2) is 24.8 Å². The Kier molecular flexibility index (Phi) is 9.36. The van der Waals surface area contributed by atoms with Crippen LogP contribution in [0.25, 0.3) is 39.3 Å². The second-order valence-corrected chi connectivity index (χ2v) is 12.2. The summed E-state index contributed by atoms with van der Waals surface area (Å²) >= 11 is 0. The van der Waals surface area contributed by atoms with Gasteiger partial charge in [0.05, 0.1) is 32.2 Å². The molecular formula is C36H40MgN4O5+2. The molecule has 4 atom stereocenters. The Labute approximate surface area is 284 Å². The number of hydrogen-bond donors (Lipinski definition) is 1. The molecule has 46 heavy (non-hydrogen) atoms. The Morgan fingerprint density at radius 2 is 1.67 bits per heavy atom. The third-order valence-electron chi connectivity index (χ3n) is 10.00. The van der Waals surface area contributed by atoms with Crippen LogP contribution in [0.3, 0.4) is 0 Å². The minimum atomic E-state index is -1.13. The molecule has 5 heterocycles. The normalized spacial score (nSPS) is 20.0. The number of methoxy groups -OCH3 is 2. The fraction of sp³-hybridized carbons (Fsp3) is 0.389. The Bertz CT molecular complexity index is 1970. The number of rotatable bonds is 6. The average Bonchev–Trinajstić information content (AvgIpc) is 3.76. The maximum absolute atomic E-state index is 13.3. The quantitative estimate of drug-likeness (QED) is 0.306. The van der Waals surface area contributed by atoms with Gasteiger partial charge in [0.1, 0.15) is 5.92 Å². The number of carbonyl (C=O) groups excluding carboxylic acids is 2. The predicted molar refractivity (Wildman–Crippen MR) is 177 cm³/mol. The van der Waals surface area contributed by atoms with E-state index >= 15 is 0 Å². The van der Waals surface area contributed by atoms with Gasteiger partial charge in [0.25, 0.3) is 0 Å². The first-order valence-electron chi connectivity index (χ1n) is 15.5. The number of aromatic amines is 2. The first-order chi connectivity index (χ1) is 21.5. The van der Waals surface area contributed by atoms with Crippen molar-refractivity contribution in [3.8, 4) is 0 Å². The van der Waals surface area contributed by atoms with Crippen molar-refractivity contribution in [2.75, 3.05) is 14.2 Å². The average molecular weight is 633 g/mol. The minimum absolute atomic E-state index is 0. The number of H-pyrrole nitrogens is 2. The van der Waals surface area contributed by atoms with E-state index in [2.05, 4.69) is 43.4 Å². The zero-order valence-corrected chi connectivity index (χ0v) is 29.0. The van der Waals surface area contributed by atoms with Gasteiger partial charge in [0, 0.05) is 23.1 Å². The standard InChI is InChI=1S/C36H38N4O5.Mg/c1-9-20-16(3)23-13-25-18(5)22(11-12-29(41)44-7)33(39-25)31-32(36(43)45-8)35(42)30-19(6)26(40-34(30)31)15-28-21(10-2)17(4)24(38-28)14-27(20)37-23;/h9,13-15,18,22,32,35,42H,1,10-12H2,2-8H3;/q-2;+2/p+2. The number of allylic oxidation sites excluding steroid dienone is 2. The van der Waals surface area contributed by atoms with Crippen molar-refractivity contribution < 1.29 is 34.1 Å². The minimum Gasteiger partial charge on any atom is -0.657 e. The summed E-state index contributed by atoms with van der Waals surface area (Å²) in [4.78, 5) is 43.0. The molecule has 3 aromatic heterocycles. The van der Waals surface area contributed by atoms with Crippen LogP contribution in [0.5, 0.6) is 0 Å². The van der Waals surface area contributed by atoms with Crippen LogP contribution < -0.4 is 19.9 Å². The molecule has 0 saturated heterocycles. The summed E-state index contributed by atoms with van der Waals surface area (Å²) in [7, 11) is 2.71. The number of carbonyl (C=O) groups is 2. The van der Waals surface area contributed by atoms with E-state index in [1.165, 1.54) is 19.8 Å². The van der Waals surface area contributed by atoms with Crippen LogP contribution in [0, 0.1) is 13.8 Å². The second-order valence-electron chi connectivity index (χ2n) is 12.2. The van der Waals surface area contributed by atoms with Gasteiger partial charge >= 0.3 is 35.0 Å². The van der Waals surface area contributed by atoms with Crippen LogP contribution in [-0.2, 0) is 19.1 Å². The van der Waals surface area contributed by atoms with Crippen LogP contribution in [0.1, 0.15) is 114 Å². The second kappa shape index (κ2) is 12.8. The van der Waals surface area contributed by atoms with Crippen LogP contribution in [-0.4, -0.2) is 54.3 Å². The largest absolute Gasteiger partial charge is 2.00 e. The molecule has 1 aliphatic carbocycles. The molecule has 0 amide bonds. The molecule has 234 valence electrons. The number of hydrogen-bond acceptors (Lipinski definition) is 5. The van der Waals surface area contributed by atoms with Gasteiger partial charge in [-0.05, 0) is 62.9 Å². The summed E-state index contributed by atoms with van der Waals surface area (Å²) in [6, 6.07) is 6.15. The maximum atomic E-state index is 13.3. The van der Waals surface area contributed by atoms with Gasteiger partial charge in [0.15, 0.2) is 11.4 Å². The summed E-state index contributed by atoms with van der Waals surface area (Å²) in [6.45, 7) is 14.4. The Morgan fingerprint density at radius 1 is 0.978 bits per heavy atom. The van der Waals surface area contributed by atoms with E-state index in [9.17, 15) is 14.7 Å². The first kappa shape index (κ1) is 33.6. The van der Waals surface area contributed by atoms with Crippen molar-refractivity contribution >= 4 is 74.3 Å². The molecular weight excluding hydrogens is 593 g/mol. The summed E-state index contributed by atoms with van der Waals surface area (Å²) < 4.78 is 10.2. The predicted octanol–water partition coefficient (Wildman–Crippen LogP) is 4.78. The van der Waals surface area contributed by atoms with Gasteiger partial charge in [-0.2, -0.15) is 0 Å². The number of aliphatic hydroxyl groups excluding tert-OH is 1. The van der Waals surface area contributed by atoms with E-state index in [0.717, 1.165) is 68.0 Å². The summed E-state index contributed by atoms with van der Waals surface area (Å²) in [5.41, 5.74) is 12.8. The SMILES string of the molecule is C=Cc1c(C)c2cc3[nH+]c(c4c5[n-]c(cc6[nH+]c(cc1[n-]2)C(C)=C6CC)c(C)c5C(O)C4C(=O)OC)C(CCC(=O)OC)C3C.[Mg+2]. The summed E-state index contributed by atoms with van der Waals surface area (Å²) in [5, 5.41) is 11.7. The molecule has 0 aromatic carbocycles. The molecule has 0 spiro atoms. The molecule has 4 unspecified atom stereocenters. The molecule has 2 aliphatic heterocycles. The molecule has 6 rings (SSSR count). The smallest absolute Gasteiger partial charge is 0.657 e. The van der Waals surface area contributed by atoms with E-state index < -0.39 is 18.0 Å². The zero-order valence-electron chi connectivity index (χ0n) is 27.6. The van der Waals surface area contributed by atoms with Gasteiger partial charge in [-0.15, -0.1) is 22.1 Å². The molecule has 3 N–H and O–H groups in total. The molecule has 0 radical (unpaired) electrons. The van der Waals surface area contributed by atoms with Gasteiger partial charge in [0.2, 0.25) is 11.4 Å². The number of esters is 2. The third-order valence-corrected chi connectivity index (χ3v) is 10.00. The zero-order chi connectivity index (χ0) is 32.3. The maximum Gasteiger partial charge on any atom is 2.00 e.